The fourth-order valence-electron chi connectivity index (χ4n) is 3.59. The topological polar surface area (TPSA) is 55.1 Å². The highest BCUT2D eigenvalue weighted by atomic mass is 16.4. The van der Waals surface area contributed by atoms with E-state index < -0.39 is 5.97 Å². The Bertz CT molecular complexity index is 441. The van der Waals surface area contributed by atoms with Crippen LogP contribution in [0, 0.1) is 11.8 Å². The van der Waals surface area contributed by atoms with Crippen LogP contribution in [0.3, 0.4) is 0 Å². The minimum atomic E-state index is -0.656. The standard InChI is InChI=1S/C16H26N2O2/c1-3-5-12-6-7-13(16(19)20)14(11-12)15-17-8-10-18(15)9-4-2/h8,10,12-14H,3-7,9,11H2,1-2H3,(H,19,20). The van der Waals surface area contributed by atoms with Crippen LogP contribution in [0.15, 0.2) is 12.4 Å². The van der Waals surface area contributed by atoms with E-state index in [2.05, 4.69) is 23.4 Å². The molecule has 2 rings (SSSR count). The highest BCUT2D eigenvalue weighted by Crippen LogP contribution is 2.41. The van der Waals surface area contributed by atoms with Gasteiger partial charge in [0.15, 0.2) is 0 Å². The van der Waals surface area contributed by atoms with Gasteiger partial charge in [0.1, 0.15) is 5.82 Å². The number of aliphatic carboxylic acids is 1. The molecule has 1 fully saturated rings. The molecule has 0 amide bonds. The zero-order valence-electron chi connectivity index (χ0n) is 12.6. The molecule has 1 N–H and O–H groups in total. The molecule has 0 aromatic carbocycles. The summed E-state index contributed by atoms with van der Waals surface area (Å²) in [5.41, 5.74) is 0. The Labute approximate surface area is 121 Å². The number of carboxylic acids is 1. The van der Waals surface area contributed by atoms with Gasteiger partial charge in [0.05, 0.1) is 5.92 Å². The van der Waals surface area contributed by atoms with Gasteiger partial charge in [0.2, 0.25) is 0 Å². The third-order valence-corrected chi connectivity index (χ3v) is 4.52. The summed E-state index contributed by atoms with van der Waals surface area (Å²) in [6, 6.07) is 0. The summed E-state index contributed by atoms with van der Waals surface area (Å²) in [5.74, 6) is 0.809. The predicted molar refractivity (Wildman–Crippen MR) is 78.6 cm³/mol. The molecule has 1 saturated carbocycles. The van der Waals surface area contributed by atoms with Crippen LogP contribution >= 0.6 is 0 Å². The van der Waals surface area contributed by atoms with Crippen LogP contribution in [0.4, 0.5) is 0 Å². The summed E-state index contributed by atoms with van der Waals surface area (Å²) in [4.78, 5) is 16.0. The largest absolute Gasteiger partial charge is 0.481 e. The minimum Gasteiger partial charge on any atom is -0.481 e. The third kappa shape index (κ3) is 3.22. The van der Waals surface area contributed by atoms with Gasteiger partial charge in [-0.15, -0.1) is 0 Å². The summed E-state index contributed by atoms with van der Waals surface area (Å²) >= 11 is 0. The Morgan fingerprint density at radius 3 is 2.85 bits per heavy atom. The van der Waals surface area contributed by atoms with E-state index in [1.165, 1.54) is 12.8 Å². The van der Waals surface area contributed by atoms with Gasteiger partial charge in [-0.1, -0.05) is 26.7 Å². The van der Waals surface area contributed by atoms with E-state index in [9.17, 15) is 9.90 Å². The molecule has 4 nitrogen and oxygen atoms in total. The molecule has 0 radical (unpaired) electrons. The molecule has 0 aliphatic heterocycles. The summed E-state index contributed by atoms with van der Waals surface area (Å²) < 4.78 is 2.15. The van der Waals surface area contributed by atoms with Gasteiger partial charge in [0.25, 0.3) is 0 Å². The van der Waals surface area contributed by atoms with E-state index in [0.29, 0.717) is 5.92 Å². The maximum Gasteiger partial charge on any atom is 0.307 e. The van der Waals surface area contributed by atoms with Crippen molar-refractivity contribution in [1.29, 1.82) is 0 Å². The molecule has 0 spiro atoms. The van der Waals surface area contributed by atoms with Crippen LogP contribution < -0.4 is 0 Å². The van der Waals surface area contributed by atoms with Crippen molar-refractivity contribution in [3.05, 3.63) is 18.2 Å². The summed E-state index contributed by atoms with van der Waals surface area (Å²) in [6.07, 6.45) is 10.1. The first-order valence-corrected chi connectivity index (χ1v) is 7.91. The average Bonchev–Trinajstić information content (AvgIpc) is 2.87. The predicted octanol–water partition coefficient (Wildman–Crippen LogP) is 3.68. The van der Waals surface area contributed by atoms with E-state index in [1.807, 2.05) is 12.4 Å². The Balaban J connectivity index is 2.22. The molecule has 1 heterocycles. The number of aryl methyl sites for hydroxylation is 1. The lowest BCUT2D eigenvalue weighted by molar-refractivity contribution is -0.144. The molecule has 0 bridgehead atoms. The molecule has 3 unspecified atom stereocenters. The highest BCUT2D eigenvalue weighted by Gasteiger charge is 2.37. The zero-order chi connectivity index (χ0) is 14.5. The maximum absolute atomic E-state index is 11.6. The number of imidazole rings is 1. The molecule has 0 saturated heterocycles. The maximum atomic E-state index is 11.6. The van der Waals surface area contributed by atoms with Crippen LogP contribution in [0.5, 0.6) is 0 Å². The van der Waals surface area contributed by atoms with Gasteiger partial charge >= 0.3 is 5.97 Å². The van der Waals surface area contributed by atoms with E-state index in [-0.39, 0.29) is 11.8 Å². The zero-order valence-corrected chi connectivity index (χ0v) is 12.6. The molecule has 1 aromatic rings. The van der Waals surface area contributed by atoms with Gasteiger partial charge in [-0.05, 0) is 31.6 Å². The van der Waals surface area contributed by atoms with Gasteiger partial charge < -0.3 is 9.67 Å². The van der Waals surface area contributed by atoms with Crippen molar-refractivity contribution in [3.8, 4) is 0 Å². The van der Waals surface area contributed by atoms with E-state index in [0.717, 1.165) is 38.1 Å². The SMILES string of the molecule is CCCC1CCC(C(=O)O)C(c2nccn2CCC)C1. The Hall–Kier alpha value is -1.32. The van der Waals surface area contributed by atoms with Crippen LogP contribution in [0.2, 0.25) is 0 Å². The second-order valence-electron chi connectivity index (χ2n) is 6.00. The number of hydrogen-bond donors (Lipinski definition) is 1. The lowest BCUT2D eigenvalue weighted by Gasteiger charge is -2.33. The molecular weight excluding hydrogens is 252 g/mol. The number of rotatable bonds is 6. The molecule has 20 heavy (non-hydrogen) atoms. The lowest BCUT2D eigenvalue weighted by Crippen LogP contribution is -2.31. The number of carboxylic acid groups (broad SMARTS) is 1. The smallest absolute Gasteiger partial charge is 0.307 e. The second-order valence-corrected chi connectivity index (χ2v) is 6.00. The fourth-order valence-corrected chi connectivity index (χ4v) is 3.59. The van der Waals surface area contributed by atoms with Gasteiger partial charge in [-0.2, -0.15) is 0 Å². The van der Waals surface area contributed by atoms with Crippen molar-refractivity contribution in [2.45, 2.75) is 64.8 Å². The summed E-state index contributed by atoms with van der Waals surface area (Å²) in [7, 11) is 0. The van der Waals surface area contributed by atoms with Crippen molar-refractivity contribution >= 4 is 5.97 Å². The van der Waals surface area contributed by atoms with Crippen molar-refractivity contribution < 1.29 is 9.90 Å². The monoisotopic (exact) mass is 278 g/mol. The molecule has 112 valence electrons. The van der Waals surface area contributed by atoms with Crippen molar-refractivity contribution in [1.82, 2.24) is 9.55 Å². The van der Waals surface area contributed by atoms with Crippen LogP contribution in [-0.2, 0) is 11.3 Å². The number of hydrogen-bond acceptors (Lipinski definition) is 2. The number of nitrogens with zero attached hydrogens (tertiary/aromatic N) is 2. The fraction of sp³-hybridized carbons (Fsp3) is 0.750. The van der Waals surface area contributed by atoms with E-state index in [1.54, 1.807) is 0 Å². The third-order valence-electron chi connectivity index (χ3n) is 4.52. The molecule has 3 atom stereocenters. The van der Waals surface area contributed by atoms with E-state index in [4.69, 9.17) is 0 Å². The first-order chi connectivity index (χ1) is 9.67. The van der Waals surface area contributed by atoms with Crippen LogP contribution in [-0.4, -0.2) is 20.6 Å². The first kappa shape index (κ1) is 15.1. The molecule has 1 aromatic heterocycles. The molecule has 1 aliphatic rings. The Morgan fingerprint density at radius 1 is 1.40 bits per heavy atom. The molecule has 4 heteroatoms. The van der Waals surface area contributed by atoms with Gasteiger partial charge in [0, 0.05) is 24.9 Å². The van der Waals surface area contributed by atoms with Gasteiger partial charge in [-0.25, -0.2) is 4.98 Å². The molecule has 1 aliphatic carbocycles. The number of carbonyl (C=O) groups is 1. The summed E-state index contributed by atoms with van der Waals surface area (Å²) in [6.45, 7) is 5.27. The van der Waals surface area contributed by atoms with Crippen molar-refractivity contribution in [3.63, 3.8) is 0 Å². The van der Waals surface area contributed by atoms with Crippen LogP contribution in [0.1, 0.15) is 64.1 Å². The second kappa shape index (κ2) is 6.91. The minimum absolute atomic E-state index is 0.0827. The van der Waals surface area contributed by atoms with E-state index >= 15 is 0 Å². The van der Waals surface area contributed by atoms with Gasteiger partial charge in [-0.3, -0.25) is 4.79 Å². The Morgan fingerprint density at radius 2 is 2.20 bits per heavy atom. The lowest BCUT2D eigenvalue weighted by atomic mass is 9.72. The quantitative estimate of drug-likeness (QED) is 0.863. The summed E-state index contributed by atoms with van der Waals surface area (Å²) in [5, 5.41) is 9.51. The molecular formula is C16H26N2O2. The normalized spacial score (nSPS) is 26.6. The average molecular weight is 278 g/mol. The Kier molecular flexibility index (Phi) is 5.21. The first-order valence-electron chi connectivity index (χ1n) is 7.91. The van der Waals surface area contributed by atoms with Crippen molar-refractivity contribution in [2.75, 3.05) is 0 Å². The van der Waals surface area contributed by atoms with Crippen molar-refractivity contribution in [2.24, 2.45) is 11.8 Å². The number of aromatic nitrogens is 2. The van der Waals surface area contributed by atoms with Crippen LogP contribution in [0.25, 0.3) is 0 Å². The highest BCUT2D eigenvalue weighted by molar-refractivity contribution is 5.71.